The van der Waals surface area contributed by atoms with Crippen molar-refractivity contribution in [1.29, 1.82) is 0 Å². The van der Waals surface area contributed by atoms with E-state index in [0.717, 1.165) is 5.69 Å². The SMILES string of the molecule is CNc1ccccc1B(O)O. The molecule has 58 valence electrons. The van der Waals surface area contributed by atoms with E-state index < -0.39 is 7.12 Å². The summed E-state index contributed by atoms with van der Waals surface area (Å²) >= 11 is 0. The highest BCUT2D eigenvalue weighted by Crippen LogP contribution is 2.01. The lowest BCUT2D eigenvalue weighted by atomic mass is 9.79. The van der Waals surface area contributed by atoms with Crippen molar-refractivity contribution < 1.29 is 10.0 Å². The Morgan fingerprint density at radius 3 is 2.36 bits per heavy atom. The molecule has 0 aliphatic heterocycles. The van der Waals surface area contributed by atoms with Gasteiger partial charge in [0.25, 0.3) is 0 Å². The summed E-state index contributed by atoms with van der Waals surface area (Å²) in [6.45, 7) is 0. The number of hydrogen-bond acceptors (Lipinski definition) is 3. The first-order valence-corrected chi connectivity index (χ1v) is 3.38. The summed E-state index contributed by atoms with van der Waals surface area (Å²) in [5, 5.41) is 20.6. The van der Waals surface area contributed by atoms with Crippen molar-refractivity contribution in [3.63, 3.8) is 0 Å². The van der Waals surface area contributed by atoms with Crippen LogP contribution < -0.4 is 10.8 Å². The topological polar surface area (TPSA) is 52.5 Å². The average molecular weight is 151 g/mol. The highest BCUT2D eigenvalue weighted by molar-refractivity contribution is 6.60. The van der Waals surface area contributed by atoms with Crippen molar-refractivity contribution in [3.8, 4) is 0 Å². The van der Waals surface area contributed by atoms with Crippen LogP contribution in [0, 0.1) is 0 Å². The number of benzene rings is 1. The van der Waals surface area contributed by atoms with Crippen LogP contribution in [-0.2, 0) is 0 Å². The first-order chi connectivity index (χ1) is 5.25. The van der Waals surface area contributed by atoms with Gasteiger partial charge in [-0.25, -0.2) is 0 Å². The summed E-state index contributed by atoms with van der Waals surface area (Å²) in [5.41, 5.74) is 1.23. The van der Waals surface area contributed by atoms with Crippen molar-refractivity contribution in [2.75, 3.05) is 12.4 Å². The second-order valence-corrected chi connectivity index (χ2v) is 2.21. The first-order valence-electron chi connectivity index (χ1n) is 3.38. The van der Waals surface area contributed by atoms with E-state index in [0.29, 0.717) is 5.46 Å². The maximum atomic E-state index is 8.85. The Bertz CT molecular complexity index is 240. The number of rotatable bonds is 2. The van der Waals surface area contributed by atoms with Gasteiger partial charge in [-0.1, -0.05) is 18.2 Å². The molecule has 11 heavy (non-hydrogen) atoms. The predicted molar refractivity (Wildman–Crippen MR) is 45.8 cm³/mol. The normalized spacial score (nSPS) is 9.36. The monoisotopic (exact) mass is 151 g/mol. The van der Waals surface area contributed by atoms with Crippen LogP contribution in [0.25, 0.3) is 0 Å². The zero-order valence-corrected chi connectivity index (χ0v) is 6.28. The highest BCUT2D eigenvalue weighted by atomic mass is 16.4. The summed E-state index contributed by atoms with van der Waals surface area (Å²) in [4.78, 5) is 0. The number of hydrogen-bond donors (Lipinski definition) is 3. The Morgan fingerprint density at radius 2 is 1.91 bits per heavy atom. The van der Waals surface area contributed by atoms with Gasteiger partial charge in [0, 0.05) is 18.2 Å². The van der Waals surface area contributed by atoms with Crippen molar-refractivity contribution in [2.24, 2.45) is 0 Å². The van der Waals surface area contributed by atoms with Crippen LogP contribution in [0.2, 0.25) is 0 Å². The molecule has 1 aromatic carbocycles. The standard InChI is InChI=1S/C7H10BNO2/c1-9-7-5-3-2-4-6(7)8(10)11/h2-5,9-11H,1H3. The molecule has 0 spiro atoms. The van der Waals surface area contributed by atoms with Crippen molar-refractivity contribution in [1.82, 2.24) is 0 Å². The number of nitrogens with one attached hydrogen (secondary N) is 1. The van der Waals surface area contributed by atoms with E-state index in [1.165, 1.54) is 0 Å². The molecule has 0 amide bonds. The molecule has 0 saturated carbocycles. The molecule has 1 aromatic rings. The van der Waals surface area contributed by atoms with Gasteiger partial charge in [0.2, 0.25) is 0 Å². The molecule has 0 aliphatic rings. The van der Waals surface area contributed by atoms with Crippen molar-refractivity contribution in [3.05, 3.63) is 24.3 Å². The molecule has 0 fully saturated rings. The van der Waals surface area contributed by atoms with Gasteiger partial charge < -0.3 is 15.4 Å². The van der Waals surface area contributed by atoms with Gasteiger partial charge >= 0.3 is 7.12 Å². The number of para-hydroxylation sites is 1. The molecule has 0 radical (unpaired) electrons. The van der Waals surface area contributed by atoms with E-state index >= 15 is 0 Å². The van der Waals surface area contributed by atoms with Crippen LogP contribution in [0.15, 0.2) is 24.3 Å². The van der Waals surface area contributed by atoms with Crippen LogP contribution >= 0.6 is 0 Å². The Balaban J connectivity index is 3.02. The fourth-order valence-electron chi connectivity index (χ4n) is 0.950. The Kier molecular flexibility index (Phi) is 2.51. The first kappa shape index (κ1) is 8.10. The van der Waals surface area contributed by atoms with Crippen LogP contribution in [0.4, 0.5) is 5.69 Å². The summed E-state index contributed by atoms with van der Waals surface area (Å²) < 4.78 is 0. The minimum atomic E-state index is -1.40. The summed E-state index contributed by atoms with van der Waals surface area (Å²) in [7, 11) is 0.333. The minimum Gasteiger partial charge on any atom is -0.423 e. The molecular weight excluding hydrogens is 141 g/mol. The third-order valence-corrected chi connectivity index (χ3v) is 1.51. The van der Waals surface area contributed by atoms with Crippen LogP contribution in [0.1, 0.15) is 0 Å². The average Bonchev–Trinajstić information content (AvgIpc) is 2.04. The molecule has 0 heterocycles. The molecule has 0 aliphatic carbocycles. The maximum absolute atomic E-state index is 8.85. The largest absolute Gasteiger partial charge is 0.490 e. The van der Waals surface area contributed by atoms with Crippen LogP contribution in [0.3, 0.4) is 0 Å². The molecule has 3 N–H and O–H groups in total. The molecule has 4 heteroatoms. The summed E-state index contributed by atoms with van der Waals surface area (Å²) in [5.74, 6) is 0. The van der Waals surface area contributed by atoms with E-state index in [-0.39, 0.29) is 0 Å². The molecule has 0 atom stereocenters. The van der Waals surface area contributed by atoms with Gasteiger partial charge in [0.15, 0.2) is 0 Å². The van der Waals surface area contributed by atoms with Gasteiger partial charge in [-0.05, 0) is 6.07 Å². The molecule has 1 rings (SSSR count). The number of anilines is 1. The molecular formula is C7H10BNO2. The molecule has 0 aromatic heterocycles. The van der Waals surface area contributed by atoms with E-state index in [9.17, 15) is 0 Å². The fourth-order valence-corrected chi connectivity index (χ4v) is 0.950. The van der Waals surface area contributed by atoms with Crippen molar-refractivity contribution >= 4 is 18.3 Å². The van der Waals surface area contributed by atoms with E-state index in [4.69, 9.17) is 10.0 Å². The zero-order chi connectivity index (χ0) is 8.27. The fraction of sp³-hybridized carbons (Fsp3) is 0.143. The predicted octanol–water partition coefficient (Wildman–Crippen LogP) is -0.592. The molecule has 3 nitrogen and oxygen atoms in total. The molecule has 0 saturated heterocycles. The highest BCUT2D eigenvalue weighted by Gasteiger charge is 2.13. The van der Waals surface area contributed by atoms with Crippen molar-refractivity contribution in [2.45, 2.75) is 0 Å². The molecule has 0 bridgehead atoms. The van der Waals surface area contributed by atoms with E-state index in [1.807, 2.05) is 6.07 Å². The van der Waals surface area contributed by atoms with Crippen LogP contribution in [0.5, 0.6) is 0 Å². The zero-order valence-electron chi connectivity index (χ0n) is 6.28. The third kappa shape index (κ3) is 1.72. The second-order valence-electron chi connectivity index (χ2n) is 2.21. The van der Waals surface area contributed by atoms with E-state index in [1.54, 1.807) is 25.2 Å². The summed E-state index contributed by atoms with van der Waals surface area (Å²) in [6.07, 6.45) is 0. The lowest BCUT2D eigenvalue weighted by molar-refractivity contribution is 0.426. The Hall–Kier alpha value is -0.995. The lowest BCUT2D eigenvalue weighted by Gasteiger charge is -2.06. The van der Waals surface area contributed by atoms with Gasteiger partial charge in [0.05, 0.1) is 0 Å². The maximum Gasteiger partial charge on any atom is 0.490 e. The third-order valence-electron chi connectivity index (χ3n) is 1.51. The van der Waals surface area contributed by atoms with Crippen LogP contribution in [-0.4, -0.2) is 24.2 Å². The quantitative estimate of drug-likeness (QED) is 0.495. The summed E-state index contributed by atoms with van der Waals surface area (Å²) in [6, 6.07) is 7.04. The van der Waals surface area contributed by atoms with E-state index in [2.05, 4.69) is 5.32 Å². The van der Waals surface area contributed by atoms with Gasteiger partial charge in [-0.15, -0.1) is 0 Å². The van der Waals surface area contributed by atoms with Gasteiger partial charge in [0.1, 0.15) is 0 Å². The van der Waals surface area contributed by atoms with Gasteiger partial charge in [-0.2, -0.15) is 0 Å². The van der Waals surface area contributed by atoms with Gasteiger partial charge in [-0.3, -0.25) is 0 Å². The Morgan fingerprint density at radius 1 is 1.27 bits per heavy atom. The smallest absolute Gasteiger partial charge is 0.423 e. The lowest BCUT2D eigenvalue weighted by Crippen LogP contribution is -2.31. The Labute approximate surface area is 65.8 Å². The molecule has 0 unspecified atom stereocenters. The second kappa shape index (κ2) is 3.41. The minimum absolute atomic E-state index is 0.495.